The fourth-order valence-corrected chi connectivity index (χ4v) is 2.16. The number of amides is 2. The molecule has 0 spiro atoms. The zero-order valence-corrected chi connectivity index (χ0v) is 14.4. The normalized spacial score (nSPS) is 14.3. The number of nitrogens with zero attached hydrogens (tertiary/aromatic N) is 1. The van der Waals surface area contributed by atoms with Crippen LogP contribution in [0.4, 0.5) is 0 Å². The molecule has 2 amide bonds. The number of carbonyl (C=O) groups is 4. The number of carboxylic acids is 2. The molecule has 1 aromatic heterocycles. The van der Waals surface area contributed by atoms with Crippen LogP contribution in [-0.4, -0.2) is 62.1 Å². The van der Waals surface area contributed by atoms with Crippen LogP contribution in [0, 0.1) is 5.92 Å². The summed E-state index contributed by atoms with van der Waals surface area (Å²) in [6.45, 7) is 3.17. The van der Waals surface area contributed by atoms with Crippen LogP contribution in [0.15, 0.2) is 12.5 Å². The minimum absolute atomic E-state index is 0.108. The number of hydrogen-bond acceptors (Lipinski definition) is 6. The Morgan fingerprint density at radius 3 is 2.31 bits per heavy atom. The summed E-state index contributed by atoms with van der Waals surface area (Å²) in [5.74, 6) is -4.66. The van der Waals surface area contributed by atoms with Crippen molar-refractivity contribution in [3.63, 3.8) is 0 Å². The molecule has 1 heterocycles. The van der Waals surface area contributed by atoms with Crippen LogP contribution in [0.2, 0.25) is 0 Å². The quantitative estimate of drug-likeness (QED) is 0.286. The van der Waals surface area contributed by atoms with E-state index in [1.165, 1.54) is 12.5 Å². The molecular formula is C15H23N5O6. The topological polar surface area (TPSA) is 187 Å². The van der Waals surface area contributed by atoms with Crippen LogP contribution in [-0.2, 0) is 25.6 Å². The number of nitrogens with two attached hydrogens (primary N) is 1. The molecule has 11 nitrogen and oxygen atoms in total. The zero-order chi connectivity index (χ0) is 19.9. The predicted molar refractivity (Wildman–Crippen MR) is 88.9 cm³/mol. The van der Waals surface area contributed by atoms with Gasteiger partial charge in [-0.2, -0.15) is 0 Å². The minimum Gasteiger partial charge on any atom is -0.481 e. The Morgan fingerprint density at radius 2 is 1.85 bits per heavy atom. The third-order valence-electron chi connectivity index (χ3n) is 3.57. The molecule has 0 saturated carbocycles. The van der Waals surface area contributed by atoms with Crippen LogP contribution < -0.4 is 16.4 Å². The van der Waals surface area contributed by atoms with Gasteiger partial charge in [-0.15, -0.1) is 0 Å². The van der Waals surface area contributed by atoms with E-state index in [0.717, 1.165) is 0 Å². The monoisotopic (exact) mass is 369 g/mol. The highest BCUT2D eigenvalue weighted by molar-refractivity contribution is 5.94. The van der Waals surface area contributed by atoms with E-state index in [-0.39, 0.29) is 6.42 Å². The van der Waals surface area contributed by atoms with Gasteiger partial charge in [-0.25, -0.2) is 9.78 Å². The Balaban J connectivity index is 2.78. The van der Waals surface area contributed by atoms with Crippen molar-refractivity contribution in [2.24, 2.45) is 11.7 Å². The highest BCUT2D eigenvalue weighted by Gasteiger charge is 2.30. The molecule has 144 valence electrons. The Bertz CT molecular complexity index is 645. The third-order valence-corrected chi connectivity index (χ3v) is 3.57. The largest absolute Gasteiger partial charge is 0.481 e. The van der Waals surface area contributed by atoms with Gasteiger partial charge in [0.2, 0.25) is 11.8 Å². The first-order chi connectivity index (χ1) is 12.1. The van der Waals surface area contributed by atoms with Gasteiger partial charge >= 0.3 is 11.9 Å². The minimum atomic E-state index is -1.45. The molecule has 7 N–H and O–H groups in total. The molecule has 0 aliphatic carbocycles. The lowest BCUT2D eigenvalue weighted by atomic mass is 10.0. The molecule has 0 unspecified atom stereocenters. The lowest BCUT2D eigenvalue weighted by molar-refractivity contribution is -0.144. The molecule has 0 saturated heterocycles. The number of aromatic amines is 1. The van der Waals surface area contributed by atoms with Gasteiger partial charge in [0.1, 0.15) is 12.1 Å². The number of H-pyrrole nitrogens is 1. The molecular weight excluding hydrogens is 346 g/mol. The van der Waals surface area contributed by atoms with Crippen molar-refractivity contribution in [2.75, 3.05) is 0 Å². The predicted octanol–water partition coefficient (Wildman–Crippen LogP) is -1.54. The fourth-order valence-electron chi connectivity index (χ4n) is 2.16. The van der Waals surface area contributed by atoms with Crippen LogP contribution in [0.5, 0.6) is 0 Å². The first-order valence-electron chi connectivity index (χ1n) is 7.90. The number of hydrogen-bond donors (Lipinski definition) is 6. The van der Waals surface area contributed by atoms with E-state index < -0.39 is 54.2 Å². The van der Waals surface area contributed by atoms with Crippen molar-refractivity contribution < 1.29 is 29.4 Å². The number of imidazole rings is 1. The lowest BCUT2D eigenvalue weighted by Crippen LogP contribution is -2.56. The summed E-state index contributed by atoms with van der Waals surface area (Å²) in [5, 5.41) is 22.6. The van der Waals surface area contributed by atoms with Crippen molar-refractivity contribution in [1.29, 1.82) is 0 Å². The van der Waals surface area contributed by atoms with E-state index in [1.54, 1.807) is 13.8 Å². The average molecular weight is 369 g/mol. The molecule has 26 heavy (non-hydrogen) atoms. The first kappa shape index (κ1) is 21.1. The highest BCUT2D eigenvalue weighted by Crippen LogP contribution is 2.04. The van der Waals surface area contributed by atoms with Crippen molar-refractivity contribution in [2.45, 2.75) is 44.8 Å². The Hall–Kier alpha value is -2.95. The SMILES string of the molecule is CC(C)[C@H](NC(=O)[C@H](CC(=O)O)NC(=O)[C@@H](N)Cc1cnc[nH]1)C(=O)O. The molecule has 0 aliphatic heterocycles. The second-order valence-corrected chi connectivity index (χ2v) is 6.12. The molecule has 1 aromatic rings. The molecule has 0 aliphatic rings. The zero-order valence-electron chi connectivity index (χ0n) is 14.4. The van der Waals surface area contributed by atoms with Gasteiger partial charge < -0.3 is 31.6 Å². The van der Waals surface area contributed by atoms with Crippen LogP contribution >= 0.6 is 0 Å². The fraction of sp³-hybridized carbons (Fsp3) is 0.533. The second kappa shape index (κ2) is 9.51. The third kappa shape index (κ3) is 6.51. The lowest BCUT2D eigenvalue weighted by Gasteiger charge is -2.23. The maximum Gasteiger partial charge on any atom is 0.326 e. The smallest absolute Gasteiger partial charge is 0.326 e. The van der Waals surface area contributed by atoms with Crippen molar-refractivity contribution in [3.8, 4) is 0 Å². The number of carboxylic acid groups (broad SMARTS) is 2. The van der Waals surface area contributed by atoms with Crippen LogP contribution in [0.1, 0.15) is 26.0 Å². The van der Waals surface area contributed by atoms with Crippen LogP contribution in [0.25, 0.3) is 0 Å². The van der Waals surface area contributed by atoms with E-state index in [2.05, 4.69) is 20.6 Å². The second-order valence-electron chi connectivity index (χ2n) is 6.12. The molecule has 0 aromatic carbocycles. The summed E-state index contributed by atoms with van der Waals surface area (Å²) in [4.78, 5) is 53.1. The number of aliphatic carboxylic acids is 2. The Morgan fingerprint density at radius 1 is 1.19 bits per heavy atom. The summed E-state index contributed by atoms with van der Waals surface area (Å²) < 4.78 is 0. The Labute approximate surface area is 149 Å². The molecule has 0 radical (unpaired) electrons. The maximum absolute atomic E-state index is 12.3. The average Bonchev–Trinajstić information content (AvgIpc) is 3.03. The maximum atomic E-state index is 12.3. The van der Waals surface area contributed by atoms with E-state index >= 15 is 0 Å². The van der Waals surface area contributed by atoms with Gasteiger partial charge in [-0.1, -0.05) is 13.8 Å². The van der Waals surface area contributed by atoms with Gasteiger partial charge in [-0.05, 0) is 5.92 Å². The van der Waals surface area contributed by atoms with Crippen molar-refractivity contribution in [3.05, 3.63) is 18.2 Å². The Kier molecular flexibility index (Phi) is 7.72. The van der Waals surface area contributed by atoms with Crippen molar-refractivity contribution in [1.82, 2.24) is 20.6 Å². The molecule has 0 bridgehead atoms. The number of rotatable bonds is 10. The van der Waals surface area contributed by atoms with E-state index in [0.29, 0.717) is 5.69 Å². The highest BCUT2D eigenvalue weighted by atomic mass is 16.4. The summed E-state index contributed by atoms with van der Waals surface area (Å²) in [7, 11) is 0. The molecule has 0 fully saturated rings. The van der Waals surface area contributed by atoms with Gasteiger partial charge in [0.25, 0.3) is 0 Å². The van der Waals surface area contributed by atoms with Gasteiger partial charge in [-0.3, -0.25) is 14.4 Å². The van der Waals surface area contributed by atoms with Gasteiger partial charge in [0, 0.05) is 18.3 Å². The van der Waals surface area contributed by atoms with E-state index in [4.69, 9.17) is 15.9 Å². The summed E-state index contributed by atoms with van der Waals surface area (Å²) in [6.07, 6.45) is 2.29. The van der Waals surface area contributed by atoms with Crippen LogP contribution in [0.3, 0.4) is 0 Å². The van der Waals surface area contributed by atoms with Gasteiger partial charge in [0.05, 0.1) is 18.8 Å². The van der Waals surface area contributed by atoms with E-state index in [9.17, 15) is 19.2 Å². The number of aromatic nitrogens is 2. The van der Waals surface area contributed by atoms with E-state index in [1.807, 2.05) is 0 Å². The first-order valence-corrected chi connectivity index (χ1v) is 7.90. The summed E-state index contributed by atoms with van der Waals surface area (Å²) in [5.41, 5.74) is 6.35. The van der Waals surface area contributed by atoms with Gasteiger partial charge in [0.15, 0.2) is 0 Å². The number of carbonyl (C=O) groups excluding carboxylic acids is 2. The standard InChI is InChI=1S/C15H23N5O6/c1-7(2)12(15(25)26)20-14(24)10(4-11(21)22)19-13(23)9(16)3-8-5-17-6-18-8/h5-7,9-10,12H,3-4,16H2,1-2H3,(H,17,18)(H,19,23)(H,20,24)(H,21,22)(H,25,26)/t9-,10-,12-/m0/s1. The summed E-state index contributed by atoms with van der Waals surface area (Å²) >= 11 is 0. The van der Waals surface area contributed by atoms with Crippen molar-refractivity contribution >= 4 is 23.8 Å². The molecule has 11 heteroatoms. The molecule has 1 rings (SSSR count). The molecule has 3 atom stereocenters. The summed E-state index contributed by atoms with van der Waals surface area (Å²) in [6, 6.07) is -3.71. The number of nitrogens with one attached hydrogen (secondary N) is 3.